The summed E-state index contributed by atoms with van der Waals surface area (Å²) in [5, 5.41) is 12.7. The number of benzene rings is 2. The first-order chi connectivity index (χ1) is 18.9. The number of halogens is 7. The summed E-state index contributed by atoms with van der Waals surface area (Å²) in [7, 11) is 1.30. The van der Waals surface area contributed by atoms with Crippen molar-refractivity contribution < 1.29 is 45.4 Å². The van der Waals surface area contributed by atoms with Crippen LogP contribution < -0.4 is 5.32 Å². The second-order valence-electron chi connectivity index (χ2n) is 10.9. The zero-order valence-electron chi connectivity index (χ0n) is 22.5. The van der Waals surface area contributed by atoms with Gasteiger partial charge in [-0.2, -0.15) is 26.3 Å². The van der Waals surface area contributed by atoms with E-state index in [9.17, 15) is 45.4 Å². The predicted molar refractivity (Wildman–Crippen MR) is 134 cm³/mol. The quantitative estimate of drug-likeness (QED) is 0.390. The molecule has 41 heavy (non-hydrogen) atoms. The summed E-state index contributed by atoms with van der Waals surface area (Å²) >= 11 is 0. The van der Waals surface area contributed by atoms with Gasteiger partial charge in [0, 0.05) is 19.1 Å². The molecule has 0 bridgehead atoms. The van der Waals surface area contributed by atoms with Crippen molar-refractivity contribution in [2.24, 2.45) is 0 Å². The van der Waals surface area contributed by atoms with Gasteiger partial charge in [-0.15, -0.1) is 0 Å². The highest BCUT2D eigenvalue weighted by Crippen LogP contribution is 2.44. The minimum atomic E-state index is -5.03. The molecule has 2 N–H and O–H groups in total. The summed E-state index contributed by atoms with van der Waals surface area (Å²) in [6.07, 6.45) is -8.49. The highest BCUT2D eigenvalue weighted by Gasteiger charge is 2.48. The van der Waals surface area contributed by atoms with E-state index in [4.69, 9.17) is 0 Å². The highest BCUT2D eigenvalue weighted by molar-refractivity contribution is 5.76. The van der Waals surface area contributed by atoms with Gasteiger partial charge in [0.15, 0.2) is 0 Å². The molecule has 2 fully saturated rings. The third kappa shape index (κ3) is 6.29. The second-order valence-corrected chi connectivity index (χ2v) is 10.9. The molecule has 2 amide bonds. The van der Waals surface area contributed by atoms with Crippen molar-refractivity contribution in [3.05, 3.63) is 70.0 Å². The van der Waals surface area contributed by atoms with Gasteiger partial charge in [-0.1, -0.05) is 6.07 Å². The molecule has 2 aliphatic rings. The third-order valence-electron chi connectivity index (χ3n) is 8.29. The van der Waals surface area contributed by atoms with E-state index < -0.39 is 65.0 Å². The lowest BCUT2D eigenvalue weighted by Crippen LogP contribution is -2.56. The van der Waals surface area contributed by atoms with Crippen LogP contribution >= 0.6 is 0 Å². The SMILES string of the molecule is Cc1cc(F)ccc1[C@H]1C[C@]2(CC[C@@H](C(=O)O)N2)CCN1C(=O)N(C)[C@H](C)c1cc(C(F)(F)F)cc(C(F)(F)F)c1. The van der Waals surface area contributed by atoms with Crippen LogP contribution in [0.4, 0.5) is 35.5 Å². The van der Waals surface area contributed by atoms with Crippen LogP contribution in [0.3, 0.4) is 0 Å². The number of amides is 2. The van der Waals surface area contributed by atoms with Crippen LogP contribution in [-0.4, -0.2) is 52.1 Å². The Labute approximate surface area is 232 Å². The van der Waals surface area contributed by atoms with Crippen molar-refractivity contribution in [3.63, 3.8) is 0 Å². The Bertz CT molecular complexity index is 1300. The lowest BCUT2D eigenvalue weighted by atomic mass is 9.79. The van der Waals surface area contributed by atoms with Crippen molar-refractivity contribution in [3.8, 4) is 0 Å². The summed E-state index contributed by atoms with van der Waals surface area (Å²) in [5.41, 5.74) is -2.75. The lowest BCUT2D eigenvalue weighted by Gasteiger charge is -2.47. The van der Waals surface area contributed by atoms with E-state index in [1.807, 2.05) is 0 Å². The fourth-order valence-corrected chi connectivity index (χ4v) is 5.88. The molecule has 13 heteroatoms. The van der Waals surface area contributed by atoms with Crippen molar-refractivity contribution in [1.82, 2.24) is 15.1 Å². The number of carboxylic acid groups (broad SMARTS) is 1. The number of aryl methyl sites for hydroxylation is 1. The maximum Gasteiger partial charge on any atom is 0.416 e. The van der Waals surface area contributed by atoms with Crippen LogP contribution in [0.25, 0.3) is 0 Å². The summed E-state index contributed by atoms with van der Waals surface area (Å²) < 4.78 is 94.6. The zero-order valence-corrected chi connectivity index (χ0v) is 22.5. The van der Waals surface area contributed by atoms with Crippen molar-refractivity contribution in [2.75, 3.05) is 13.6 Å². The number of nitrogens with zero attached hydrogens (tertiary/aromatic N) is 2. The van der Waals surface area contributed by atoms with Crippen LogP contribution in [0, 0.1) is 12.7 Å². The number of nitrogens with one attached hydrogen (secondary N) is 1. The number of aliphatic carboxylic acids is 1. The van der Waals surface area contributed by atoms with E-state index in [1.54, 1.807) is 6.92 Å². The molecule has 4 rings (SSSR count). The Hall–Kier alpha value is -3.35. The van der Waals surface area contributed by atoms with Gasteiger partial charge in [-0.25, -0.2) is 9.18 Å². The average Bonchev–Trinajstić information content (AvgIpc) is 3.29. The van der Waals surface area contributed by atoms with Gasteiger partial charge in [0.25, 0.3) is 0 Å². The standard InChI is InChI=1S/C28H30F7N3O3/c1-15-10-20(29)4-5-21(15)23-14-26(7-6-22(36-26)24(39)40)8-9-38(23)25(41)37(3)16(2)17-11-18(27(30,31)32)13-19(12-17)28(33,34)35/h4-5,10-13,16,22-23,36H,6-9,14H2,1-3H3,(H,39,40)/t16-,22+,23-,26+/m1/s1. The molecule has 0 aromatic heterocycles. The minimum absolute atomic E-state index is 0.0362. The number of urea groups is 1. The number of likely N-dealkylation sites (tertiary alicyclic amines) is 1. The first kappa shape index (κ1) is 30.6. The molecule has 2 aliphatic heterocycles. The summed E-state index contributed by atoms with van der Waals surface area (Å²) in [6.45, 7) is 3.14. The number of alkyl halides is 6. The van der Waals surface area contributed by atoms with Gasteiger partial charge in [0.2, 0.25) is 0 Å². The van der Waals surface area contributed by atoms with Gasteiger partial charge in [0.1, 0.15) is 11.9 Å². The molecule has 0 radical (unpaired) electrons. The maximum atomic E-state index is 13.9. The predicted octanol–water partition coefficient (Wildman–Crippen LogP) is 6.70. The topological polar surface area (TPSA) is 72.9 Å². The average molecular weight is 590 g/mol. The summed E-state index contributed by atoms with van der Waals surface area (Å²) in [5.74, 6) is -1.49. The van der Waals surface area contributed by atoms with E-state index in [0.717, 1.165) is 4.90 Å². The van der Waals surface area contributed by atoms with Gasteiger partial charge in [0.05, 0.1) is 23.2 Å². The monoisotopic (exact) mass is 589 g/mol. The van der Waals surface area contributed by atoms with Gasteiger partial charge in [-0.3, -0.25) is 10.1 Å². The molecule has 0 aliphatic carbocycles. The number of hydrogen-bond donors (Lipinski definition) is 2. The highest BCUT2D eigenvalue weighted by atomic mass is 19.4. The number of hydrogen-bond acceptors (Lipinski definition) is 3. The molecule has 2 heterocycles. The lowest BCUT2D eigenvalue weighted by molar-refractivity contribution is -0.143. The van der Waals surface area contributed by atoms with Gasteiger partial charge >= 0.3 is 24.4 Å². The Morgan fingerprint density at radius 1 is 1.05 bits per heavy atom. The molecular weight excluding hydrogens is 559 g/mol. The van der Waals surface area contributed by atoms with Crippen LogP contribution in [0.2, 0.25) is 0 Å². The molecule has 2 aromatic carbocycles. The molecule has 2 aromatic rings. The van der Waals surface area contributed by atoms with E-state index >= 15 is 0 Å². The van der Waals surface area contributed by atoms with E-state index in [0.29, 0.717) is 48.9 Å². The number of carbonyl (C=O) groups excluding carboxylic acids is 1. The minimum Gasteiger partial charge on any atom is -0.480 e. The largest absolute Gasteiger partial charge is 0.480 e. The number of carboxylic acids is 1. The number of carbonyl (C=O) groups is 2. The van der Waals surface area contributed by atoms with E-state index in [1.165, 1.54) is 37.1 Å². The third-order valence-corrected chi connectivity index (χ3v) is 8.29. The first-order valence-electron chi connectivity index (χ1n) is 13.0. The van der Waals surface area contributed by atoms with Gasteiger partial charge in [-0.05, 0) is 86.6 Å². The van der Waals surface area contributed by atoms with Crippen LogP contribution in [-0.2, 0) is 17.1 Å². The van der Waals surface area contributed by atoms with Crippen LogP contribution in [0.15, 0.2) is 36.4 Å². The smallest absolute Gasteiger partial charge is 0.416 e. The van der Waals surface area contributed by atoms with Crippen LogP contribution in [0.5, 0.6) is 0 Å². The van der Waals surface area contributed by atoms with Crippen molar-refractivity contribution >= 4 is 12.0 Å². The normalized spacial score (nSPS) is 24.0. The Kier molecular flexibility index (Phi) is 8.07. The first-order valence-corrected chi connectivity index (χ1v) is 13.0. The molecule has 1 spiro atoms. The molecule has 0 unspecified atom stereocenters. The van der Waals surface area contributed by atoms with Gasteiger partial charge < -0.3 is 14.9 Å². The Morgan fingerprint density at radius 2 is 1.66 bits per heavy atom. The molecular formula is C28H30F7N3O3. The molecule has 2 saturated heterocycles. The van der Waals surface area contributed by atoms with Crippen molar-refractivity contribution in [1.29, 1.82) is 0 Å². The van der Waals surface area contributed by atoms with Crippen molar-refractivity contribution in [2.45, 2.75) is 75.5 Å². The number of piperidine rings is 1. The van der Waals surface area contributed by atoms with Crippen LogP contribution in [0.1, 0.15) is 72.5 Å². The van der Waals surface area contributed by atoms with E-state index in [-0.39, 0.29) is 18.2 Å². The fraction of sp³-hybridized carbons (Fsp3) is 0.500. The summed E-state index contributed by atoms with van der Waals surface area (Å²) in [4.78, 5) is 28.0. The second kappa shape index (κ2) is 10.8. The molecule has 0 saturated carbocycles. The Balaban J connectivity index is 1.68. The maximum absolute atomic E-state index is 13.9. The Morgan fingerprint density at radius 3 is 2.17 bits per heavy atom. The molecule has 6 nitrogen and oxygen atoms in total. The fourth-order valence-electron chi connectivity index (χ4n) is 5.88. The zero-order chi connectivity index (χ0) is 30.5. The number of rotatable bonds is 4. The summed E-state index contributed by atoms with van der Waals surface area (Å²) in [6, 6.07) is 2.08. The van der Waals surface area contributed by atoms with E-state index in [2.05, 4.69) is 5.32 Å². The molecule has 224 valence electrons. The molecule has 4 atom stereocenters.